The molecule has 34 heavy (non-hydrogen) atoms. The summed E-state index contributed by atoms with van der Waals surface area (Å²) in [5.74, 6) is 1.40. The molecule has 1 saturated heterocycles. The molecule has 0 aliphatic carbocycles. The summed E-state index contributed by atoms with van der Waals surface area (Å²) in [7, 11) is 0. The predicted molar refractivity (Wildman–Crippen MR) is 127 cm³/mol. The lowest BCUT2D eigenvalue weighted by Gasteiger charge is -2.26. The maximum Gasteiger partial charge on any atom is 0.178 e. The van der Waals surface area contributed by atoms with Crippen LogP contribution in [0.5, 0.6) is 0 Å². The lowest BCUT2D eigenvalue weighted by atomic mass is 10.2. The Labute approximate surface area is 198 Å². The largest absolute Gasteiger partial charge is 0.379 e. The maximum atomic E-state index is 5.41. The van der Waals surface area contributed by atoms with E-state index >= 15 is 0 Å². The number of hydrogen-bond donors (Lipinski definition) is 0. The van der Waals surface area contributed by atoms with Crippen molar-refractivity contribution in [2.45, 2.75) is 26.3 Å². The summed E-state index contributed by atoms with van der Waals surface area (Å²) in [6.07, 6.45) is 8.83. The Morgan fingerprint density at radius 2 is 1.71 bits per heavy atom. The van der Waals surface area contributed by atoms with E-state index in [2.05, 4.69) is 31.1 Å². The van der Waals surface area contributed by atoms with Gasteiger partial charge in [0.2, 0.25) is 0 Å². The van der Waals surface area contributed by atoms with Crippen molar-refractivity contribution in [1.29, 1.82) is 0 Å². The van der Waals surface area contributed by atoms with E-state index in [1.165, 1.54) is 0 Å². The van der Waals surface area contributed by atoms with Gasteiger partial charge in [0.05, 0.1) is 37.3 Å². The minimum Gasteiger partial charge on any atom is -0.379 e. The Bertz CT molecular complexity index is 1230. The average molecular weight is 457 g/mol. The summed E-state index contributed by atoms with van der Waals surface area (Å²) in [4.78, 5) is 25.2. The van der Waals surface area contributed by atoms with Crippen molar-refractivity contribution in [3.8, 4) is 11.5 Å². The van der Waals surface area contributed by atoms with Crippen LogP contribution in [0.15, 0.2) is 55.1 Å². The summed E-state index contributed by atoms with van der Waals surface area (Å²) in [5, 5.41) is 4.51. The van der Waals surface area contributed by atoms with Gasteiger partial charge in [-0.2, -0.15) is 5.10 Å². The molecule has 1 aliphatic heterocycles. The van der Waals surface area contributed by atoms with Gasteiger partial charge in [0.1, 0.15) is 11.5 Å². The maximum absolute atomic E-state index is 5.41. The molecule has 0 amide bonds. The monoisotopic (exact) mass is 456 g/mol. The fourth-order valence-corrected chi connectivity index (χ4v) is 3.97. The van der Waals surface area contributed by atoms with E-state index in [0.717, 1.165) is 73.6 Å². The molecule has 9 nitrogen and oxygen atoms in total. The Hall–Kier alpha value is -3.56. The molecule has 4 aromatic rings. The normalized spacial score (nSPS) is 14.4. The number of ether oxygens (including phenoxy) is 1. The molecule has 1 fully saturated rings. The summed E-state index contributed by atoms with van der Waals surface area (Å²) in [6, 6.07) is 9.70. The minimum atomic E-state index is 0.607. The molecule has 0 spiro atoms. The van der Waals surface area contributed by atoms with E-state index < -0.39 is 0 Å². The molecule has 5 rings (SSSR count). The second kappa shape index (κ2) is 10.6. The van der Waals surface area contributed by atoms with Gasteiger partial charge in [-0.3, -0.25) is 9.58 Å². The third-order valence-corrected chi connectivity index (χ3v) is 5.75. The average Bonchev–Trinajstić information content (AvgIpc) is 3.31. The van der Waals surface area contributed by atoms with Crippen LogP contribution in [0.25, 0.3) is 11.5 Å². The highest BCUT2D eigenvalue weighted by atomic mass is 16.5. The highest BCUT2D eigenvalue weighted by Gasteiger charge is 2.11. The first-order valence-corrected chi connectivity index (χ1v) is 11.6. The molecule has 0 aromatic carbocycles. The van der Waals surface area contributed by atoms with Crippen molar-refractivity contribution in [3.05, 3.63) is 83.6 Å². The molecule has 0 saturated carbocycles. The van der Waals surface area contributed by atoms with Gasteiger partial charge < -0.3 is 4.74 Å². The quantitative estimate of drug-likeness (QED) is 0.399. The zero-order chi connectivity index (χ0) is 23.2. The van der Waals surface area contributed by atoms with Crippen molar-refractivity contribution < 1.29 is 4.74 Å². The summed E-state index contributed by atoms with van der Waals surface area (Å²) in [6.45, 7) is 7.42. The molecule has 4 aromatic heterocycles. The van der Waals surface area contributed by atoms with Crippen LogP contribution in [0.4, 0.5) is 0 Å². The van der Waals surface area contributed by atoms with E-state index in [0.29, 0.717) is 18.7 Å². The van der Waals surface area contributed by atoms with Crippen molar-refractivity contribution in [2.75, 3.05) is 32.8 Å². The van der Waals surface area contributed by atoms with Crippen LogP contribution in [0, 0.1) is 6.92 Å². The molecule has 0 unspecified atom stereocenters. The standard InChI is InChI=1S/C25H28N8O/c1-19-3-2-4-23(29-19)25-27-8-6-22(31-25)16-21-5-7-26-24(30-21)15-20-17-28-33(18-20)10-9-32-11-13-34-14-12-32/h2-8,17-18H,9-16H2,1H3. The van der Waals surface area contributed by atoms with Crippen LogP contribution in [0.1, 0.15) is 28.5 Å². The fourth-order valence-electron chi connectivity index (χ4n) is 3.97. The Morgan fingerprint density at radius 3 is 2.56 bits per heavy atom. The molecule has 0 atom stereocenters. The van der Waals surface area contributed by atoms with Crippen LogP contribution in [0.2, 0.25) is 0 Å². The smallest absolute Gasteiger partial charge is 0.178 e. The third kappa shape index (κ3) is 5.86. The lowest BCUT2D eigenvalue weighted by molar-refractivity contribution is 0.0359. The zero-order valence-electron chi connectivity index (χ0n) is 19.3. The van der Waals surface area contributed by atoms with E-state index in [4.69, 9.17) is 14.7 Å². The van der Waals surface area contributed by atoms with Crippen molar-refractivity contribution in [2.24, 2.45) is 0 Å². The number of pyridine rings is 1. The van der Waals surface area contributed by atoms with Crippen molar-refractivity contribution in [3.63, 3.8) is 0 Å². The predicted octanol–water partition coefficient (Wildman–Crippen LogP) is 2.35. The van der Waals surface area contributed by atoms with Crippen LogP contribution < -0.4 is 0 Å². The van der Waals surface area contributed by atoms with E-state index in [1.807, 2.05) is 54.3 Å². The van der Waals surface area contributed by atoms with Gasteiger partial charge in [-0.05, 0) is 36.8 Å². The molecular weight excluding hydrogens is 428 g/mol. The number of rotatable bonds is 8. The van der Waals surface area contributed by atoms with Crippen LogP contribution in [-0.4, -0.2) is 72.4 Å². The van der Waals surface area contributed by atoms with E-state index in [-0.39, 0.29) is 0 Å². The second-order valence-electron chi connectivity index (χ2n) is 8.42. The Kier molecular flexibility index (Phi) is 6.92. The molecule has 0 N–H and O–H groups in total. The first-order chi connectivity index (χ1) is 16.7. The Balaban J connectivity index is 1.21. The van der Waals surface area contributed by atoms with E-state index in [1.54, 1.807) is 6.20 Å². The number of aromatic nitrogens is 7. The lowest BCUT2D eigenvalue weighted by Crippen LogP contribution is -2.38. The highest BCUT2D eigenvalue weighted by Crippen LogP contribution is 2.14. The third-order valence-electron chi connectivity index (χ3n) is 5.75. The van der Waals surface area contributed by atoms with Crippen molar-refractivity contribution in [1.82, 2.24) is 39.6 Å². The molecule has 9 heteroatoms. The molecule has 174 valence electrons. The number of hydrogen-bond acceptors (Lipinski definition) is 8. The van der Waals surface area contributed by atoms with Gasteiger partial charge in [0.25, 0.3) is 0 Å². The summed E-state index contributed by atoms with van der Waals surface area (Å²) in [5.41, 5.74) is 4.64. The van der Waals surface area contributed by atoms with Gasteiger partial charge in [-0.25, -0.2) is 24.9 Å². The highest BCUT2D eigenvalue weighted by molar-refractivity contribution is 5.49. The molecule has 0 bridgehead atoms. The van der Waals surface area contributed by atoms with Gasteiger partial charge >= 0.3 is 0 Å². The molecular formula is C25H28N8O. The van der Waals surface area contributed by atoms with Gasteiger partial charge in [-0.15, -0.1) is 0 Å². The van der Waals surface area contributed by atoms with E-state index in [9.17, 15) is 0 Å². The molecule has 0 radical (unpaired) electrons. The van der Waals surface area contributed by atoms with Crippen LogP contribution in [-0.2, 0) is 24.1 Å². The van der Waals surface area contributed by atoms with Gasteiger partial charge in [0, 0.05) is 56.8 Å². The van der Waals surface area contributed by atoms with Crippen molar-refractivity contribution >= 4 is 0 Å². The minimum absolute atomic E-state index is 0.607. The molecule has 1 aliphatic rings. The summed E-state index contributed by atoms with van der Waals surface area (Å²) < 4.78 is 7.41. The summed E-state index contributed by atoms with van der Waals surface area (Å²) >= 11 is 0. The second-order valence-corrected chi connectivity index (χ2v) is 8.42. The Morgan fingerprint density at radius 1 is 0.882 bits per heavy atom. The number of aryl methyl sites for hydroxylation is 1. The van der Waals surface area contributed by atoms with Gasteiger partial charge in [-0.1, -0.05) is 6.07 Å². The van der Waals surface area contributed by atoms with Gasteiger partial charge in [0.15, 0.2) is 5.82 Å². The number of nitrogens with zero attached hydrogens (tertiary/aromatic N) is 8. The van der Waals surface area contributed by atoms with Crippen LogP contribution >= 0.6 is 0 Å². The SMILES string of the molecule is Cc1cccc(-c2nccc(Cc3ccnc(Cc4cnn(CCN5CCOCC5)c4)n3)n2)n1. The fraction of sp³-hybridized carbons (Fsp3) is 0.360. The first-order valence-electron chi connectivity index (χ1n) is 11.6. The number of morpholine rings is 1. The topological polar surface area (TPSA) is 94.7 Å². The zero-order valence-corrected chi connectivity index (χ0v) is 19.3. The molecule has 5 heterocycles. The first kappa shape index (κ1) is 22.2. The van der Waals surface area contributed by atoms with Crippen LogP contribution in [0.3, 0.4) is 0 Å².